The van der Waals surface area contributed by atoms with Gasteiger partial charge in [-0.25, -0.2) is 0 Å². The molecule has 0 aliphatic heterocycles. The van der Waals surface area contributed by atoms with E-state index in [2.05, 4.69) is 17.4 Å². The van der Waals surface area contributed by atoms with Crippen LogP contribution >= 0.6 is 0 Å². The first kappa shape index (κ1) is 13.6. The summed E-state index contributed by atoms with van der Waals surface area (Å²) in [6, 6.07) is 1.94. The Morgan fingerprint density at radius 2 is 2.17 bits per heavy atom. The number of nitrogens with zero attached hydrogens (tertiary/aromatic N) is 1. The smallest absolute Gasteiger partial charge is 0.150 e. The quantitative estimate of drug-likeness (QED) is 0.845. The van der Waals surface area contributed by atoms with E-state index in [1.54, 1.807) is 0 Å². The number of aliphatic hydroxyl groups excluding tert-OH is 1. The first-order valence-corrected chi connectivity index (χ1v) is 6.92. The molecule has 1 unspecified atom stereocenters. The van der Waals surface area contributed by atoms with E-state index < -0.39 is 0 Å². The molecule has 2 rings (SSSR count). The maximum atomic E-state index is 9.71. The lowest BCUT2D eigenvalue weighted by molar-refractivity contribution is 0.0913. The normalized spacial score (nSPS) is 20.8. The SMILES string of the molecule is Cc1cc(CNC(C)(CO)C2CCCCC2)on1. The summed E-state index contributed by atoms with van der Waals surface area (Å²) in [7, 11) is 0. The predicted molar refractivity (Wildman–Crippen MR) is 70.1 cm³/mol. The minimum atomic E-state index is -0.207. The Labute approximate surface area is 109 Å². The van der Waals surface area contributed by atoms with Crippen LogP contribution in [0.1, 0.15) is 50.5 Å². The summed E-state index contributed by atoms with van der Waals surface area (Å²) in [5.41, 5.74) is 0.691. The molecule has 0 aromatic carbocycles. The fourth-order valence-corrected chi connectivity index (χ4v) is 2.86. The molecular weight excluding hydrogens is 228 g/mol. The van der Waals surface area contributed by atoms with Crippen LogP contribution in [-0.4, -0.2) is 22.4 Å². The molecule has 0 radical (unpaired) electrons. The molecule has 18 heavy (non-hydrogen) atoms. The second kappa shape index (κ2) is 5.85. The van der Waals surface area contributed by atoms with E-state index in [9.17, 15) is 5.11 Å². The molecule has 1 atom stereocenters. The number of rotatable bonds is 5. The van der Waals surface area contributed by atoms with Crippen LogP contribution in [0.3, 0.4) is 0 Å². The van der Waals surface area contributed by atoms with Crippen LogP contribution in [-0.2, 0) is 6.54 Å². The van der Waals surface area contributed by atoms with E-state index in [-0.39, 0.29) is 12.1 Å². The Morgan fingerprint density at radius 1 is 1.44 bits per heavy atom. The van der Waals surface area contributed by atoms with E-state index in [0.29, 0.717) is 12.5 Å². The molecule has 1 aromatic heterocycles. The van der Waals surface area contributed by atoms with Crippen LogP contribution in [0.5, 0.6) is 0 Å². The van der Waals surface area contributed by atoms with Gasteiger partial charge in [-0.1, -0.05) is 24.4 Å². The highest BCUT2D eigenvalue weighted by Gasteiger charge is 2.34. The molecule has 0 spiro atoms. The lowest BCUT2D eigenvalue weighted by Crippen LogP contribution is -2.52. The Morgan fingerprint density at radius 3 is 2.72 bits per heavy atom. The zero-order valence-corrected chi connectivity index (χ0v) is 11.4. The third-order valence-electron chi connectivity index (χ3n) is 4.18. The number of aromatic nitrogens is 1. The lowest BCUT2D eigenvalue weighted by Gasteiger charge is -2.39. The van der Waals surface area contributed by atoms with Gasteiger partial charge in [0.25, 0.3) is 0 Å². The van der Waals surface area contributed by atoms with Crippen molar-refractivity contribution in [3.63, 3.8) is 0 Å². The summed E-state index contributed by atoms with van der Waals surface area (Å²) in [6.07, 6.45) is 6.31. The molecule has 1 aliphatic carbocycles. The fraction of sp³-hybridized carbons (Fsp3) is 0.786. The van der Waals surface area contributed by atoms with Crippen molar-refractivity contribution >= 4 is 0 Å². The first-order chi connectivity index (χ1) is 8.64. The molecule has 1 fully saturated rings. The van der Waals surface area contributed by atoms with Crippen molar-refractivity contribution in [1.82, 2.24) is 10.5 Å². The summed E-state index contributed by atoms with van der Waals surface area (Å²) < 4.78 is 5.20. The van der Waals surface area contributed by atoms with Crippen molar-refractivity contribution < 1.29 is 9.63 Å². The van der Waals surface area contributed by atoms with Crippen LogP contribution in [0.15, 0.2) is 10.6 Å². The summed E-state index contributed by atoms with van der Waals surface area (Å²) >= 11 is 0. The minimum absolute atomic E-state index is 0.171. The van der Waals surface area contributed by atoms with Gasteiger partial charge in [-0.05, 0) is 32.6 Å². The van der Waals surface area contributed by atoms with Gasteiger partial charge < -0.3 is 14.9 Å². The average Bonchev–Trinajstić information content (AvgIpc) is 2.83. The van der Waals surface area contributed by atoms with Crippen LogP contribution in [0.4, 0.5) is 0 Å². The molecule has 102 valence electrons. The Hall–Kier alpha value is -0.870. The van der Waals surface area contributed by atoms with Gasteiger partial charge in [-0.3, -0.25) is 0 Å². The largest absolute Gasteiger partial charge is 0.394 e. The highest BCUT2D eigenvalue weighted by molar-refractivity contribution is 5.04. The molecule has 1 heterocycles. The zero-order valence-electron chi connectivity index (χ0n) is 11.4. The summed E-state index contributed by atoms with van der Waals surface area (Å²) in [5, 5.41) is 17.1. The average molecular weight is 252 g/mol. The third-order valence-corrected chi connectivity index (χ3v) is 4.18. The zero-order chi connectivity index (χ0) is 13.0. The van der Waals surface area contributed by atoms with E-state index in [1.807, 2.05) is 13.0 Å². The third kappa shape index (κ3) is 3.12. The maximum absolute atomic E-state index is 9.71. The van der Waals surface area contributed by atoms with Crippen molar-refractivity contribution in [1.29, 1.82) is 0 Å². The summed E-state index contributed by atoms with van der Waals surface area (Å²) in [4.78, 5) is 0. The lowest BCUT2D eigenvalue weighted by atomic mass is 9.76. The second-order valence-corrected chi connectivity index (χ2v) is 5.70. The van der Waals surface area contributed by atoms with Crippen molar-refractivity contribution in [3.05, 3.63) is 17.5 Å². The Kier molecular flexibility index (Phi) is 4.40. The number of hydrogen-bond donors (Lipinski definition) is 2. The van der Waals surface area contributed by atoms with Crippen molar-refractivity contribution in [3.8, 4) is 0 Å². The molecular formula is C14H24N2O2. The van der Waals surface area contributed by atoms with Gasteiger partial charge >= 0.3 is 0 Å². The highest BCUT2D eigenvalue weighted by Crippen LogP contribution is 2.32. The fourth-order valence-electron chi connectivity index (χ4n) is 2.86. The highest BCUT2D eigenvalue weighted by atomic mass is 16.5. The number of nitrogens with one attached hydrogen (secondary N) is 1. The van der Waals surface area contributed by atoms with E-state index in [1.165, 1.54) is 32.1 Å². The number of aryl methyl sites for hydroxylation is 1. The van der Waals surface area contributed by atoms with Gasteiger partial charge in [0.15, 0.2) is 5.76 Å². The van der Waals surface area contributed by atoms with Gasteiger partial charge in [0.2, 0.25) is 0 Å². The molecule has 4 heteroatoms. The second-order valence-electron chi connectivity index (χ2n) is 5.70. The van der Waals surface area contributed by atoms with E-state index in [0.717, 1.165) is 11.5 Å². The Bertz CT molecular complexity index is 372. The van der Waals surface area contributed by atoms with E-state index in [4.69, 9.17) is 4.52 Å². The minimum Gasteiger partial charge on any atom is -0.394 e. The van der Waals surface area contributed by atoms with Crippen LogP contribution < -0.4 is 5.32 Å². The van der Waals surface area contributed by atoms with Gasteiger partial charge in [-0.15, -0.1) is 0 Å². The number of aliphatic hydroxyl groups is 1. The molecule has 2 N–H and O–H groups in total. The van der Waals surface area contributed by atoms with Crippen molar-refractivity contribution in [2.75, 3.05) is 6.61 Å². The van der Waals surface area contributed by atoms with Crippen LogP contribution in [0, 0.1) is 12.8 Å². The van der Waals surface area contributed by atoms with Gasteiger partial charge in [-0.2, -0.15) is 0 Å². The molecule has 1 aromatic rings. The topological polar surface area (TPSA) is 58.3 Å². The van der Waals surface area contributed by atoms with E-state index >= 15 is 0 Å². The van der Waals surface area contributed by atoms with Gasteiger partial charge in [0.05, 0.1) is 18.8 Å². The summed E-state index contributed by atoms with van der Waals surface area (Å²) in [5.74, 6) is 1.39. The van der Waals surface area contributed by atoms with Gasteiger partial charge in [0, 0.05) is 11.6 Å². The summed E-state index contributed by atoms with van der Waals surface area (Å²) in [6.45, 7) is 4.84. The van der Waals surface area contributed by atoms with Crippen LogP contribution in [0.2, 0.25) is 0 Å². The maximum Gasteiger partial charge on any atom is 0.150 e. The molecule has 1 aliphatic rings. The number of hydrogen-bond acceptors (Lipinski definition) is 4. The predicted octanol–water partition coefficient (Wildman–Crippen LogP) is 2.40. The molecule has 0 amide bonds. The van der Waals surface area contributed by atoms with Crippen molar-refractivity contribution in [2.24, 2.45) is 5.92 Å². The Balaban J connectivity index is 1.94. The monoisotopic (exact) mass is 252 g/mol. The standard InChI is InChI=1S/C14H24N2O2/c1-11-8-13(18-16-11)9-15-14(2,10-17)12-6-4-3-5-7-12/h8,12,15,17H,3-7,9-10H2,1-2H3. The molecule has 1 saturated carbocycles. The molecule has 4 nitrogen and oxygen atoms in total. The van der Waals surface area contributed by atoms with Crippen LogP contribution in [0.25, 0.3) is 0 Å². The molecule has 0 saturated heterocycles. The van der Waals surface area contributed by atoms with Gasteiger partial charge in [0.1, 0.15) is 0 Å². The molecule has 0 bridgehead atoms. The van der Waals surface area contributed by atoms with Crippen molar-refractivity contribution in [2.45, 2.75) is 58.0 Å². The first-order valence-electron chi connectivity index (χ1n) is 6.92.